The molecule has 1 aliphatic rings. The number of amides is 1. The van der Waals surface area contributed by atoms with Crippen molar-refractivity contribution in [2.24, 2.45) is 0 Å². The minimum Gasteiger partial charge on any atom is -0.505 e. The van der Waals surface area contributed by atoms with Crippen LogP contribution in [0.25, 0.3) is 10.9 Å². The van der Waals surface area contributed by atoms with Crippen LogP contribution in [0.3, 0.4) is 0 Å². The third-order valence-electron chi connectivity index (χ3n) is 5.49. The number of rotatable bonds is 5. The van der Waals surface area contributed by atoms with Crippen LogP contribution in [0.4, 0.5) is 0 Å². The number of pyridine rings is 1. The molecule has 7 nitrogen and oxygen atoms in total. The molecule has 1 aromatic heterocycles. The molecule has 33 heavy (non-hydrogen) atoms. The van der Waals surface area contributed by atoms with Gasteiger partial charge in [-0.3, -0.25) is 9.78 Å². The van der Waals surface area contributed by atoms with Crippen LogP contribution in [0.1, 0.15) is 27.5 Å². The van der Waals surface area contributed by atoms with Gasteiger partial charge in [0.05, 0.1) is 18.2 Å². The first-order valence-corrected chi connectivity index (χ1v) is 10.5. The fraction of sp³-hybridized carbons (Fsp3) is 0.120. The van der Waals surface area contributed by atoms with Gasteiger partial charge in [0, 0.05) is 22.7 Å². The van der Waals surface area contributed by atoms with Crippen LogP contribution in [-0.4, -0.2) is 29.9 Å². The number of fused-ring (bicyclic) bond motifs is 2. The summed E-state index contributed by atoms with van der Waals surface area (Å²) < 4.78 is 16.2. The lowest BCUT2D eigenvalue weighted by molar-refractivity contribution is 0.0942. The van der Waals surface area contributed by atoms with Gasteiger partial charge in [0.15, 0.2) is 11.5 Å². The van der Waals surface area contributed by atoms with E-state index in [4.69, 9.17) is 25.8 Å². The van der Waals surface area contributed by atoms with Crippen molar-refractivity contribution in [1.29, 1.82) is 0 Å². The molecule has 0 saturated carbocycles. The molecule has 2 heterocycles. The molecule has 8 heteroatoms. The van der Waals surface area contributed by atoms with Crippen molar-refractivity contribution >= 4 is 28.4 Å². The zero-order valence-electron chi connectivity index (χ0n) is 17.5. The van der Waals surface area contributed by atoms with Crippen molar-refractivity contribution in [2.45, 2.75) is 6.04 Å². The Morgan fingerprint density at radius 1 is 1.12 bits per heavy atom. The van der Waals surface area contributed by atoms with E-state index in [1.807, 2.05) is 0 Å². The number of nitrogens with zero attached hydrogens (tertiary/aromatic N) is 1. The van der Waals surface area contributed by atoms with Crippen LogP contribution in [0.5, 0.6) is 23.0 Å². The Bertz CT molecular complexity index is 1370. The molecule has 2 N–H and O–H groups in total. The first kappa shape index (κ1) is 20.9. The number of hydrogen-bond acceptors (Lipinski definition) is 6. The predicted octanol–water partition coefficient (Wildman–Crippen LogP) is 4.85. The van der Waals surface area contributed by atoms with E-state index in [-0.39, 0.29) is 18.4 Å². The van der Waals surface area contributed by atoms with E-state index in [2.05, 4.69) is 10.3 Å². The molecule has 3 aromatic carbocycles. The highest BCUT2D eigenvalue weighted by Gasteiger charge is 2.26. The SMILES string of the molecule is COc1cccc(C(=O)N[C@@H](c2ccc3c(c2)OCO3)c2cc(Cl)c3cccnc3c2O)c1. The van der Waals surface area contributed by atoms with Gasteiger partial charge in [0.1, 0.15) is 17.0 Å². The fourth-order valence-corrected chi connectivity index (χ4v) is 4.11. The monoisotopic (exact) mass is 462 g/mol. The molecule has 4 aromatic rings. The number of methoxy groups -OCH3 is 1. The molecule has 0 spiro atoms. The van der Waals surface area contributed by atoms with E-state index in [0.29, 0.717) is 49.9 Å². The molecule has 0 saturated heterocycles. The van der Waals surface area contributed by atoms with Gasteiger partial charge in [0.25, 0.3) is 5.91 Å². The molecule has 5 rings (SSSR count). The van der Waals surface area contributed by atoms with Gasteiger partial charge in [0.2, 0.25) is 6.79 Å². The number of phenolic OH excluding ortho intramolecular Hbond substituents is 1. The average Bonchev–Trinajstić information content (AvgIpc) is 3.33. The minimum absolute atomic E-state index is 0.0661. The number of phenols is 1. The Labute approximate surface area is 194 Å². The average molecular weight is 463 g/mol. The lowest BCUT2D eigenvalue weighted by Gasteiger charge is -2.22. The van der Waals surface area contributed by atoms with Gasteiger partial charge < -0.3 is 24.6 Å². The second-order valence-electron chi connectivity index (χ2n) is 7.45. The highest BCUT2D eigenvalue weighted by Crippen LogP contribution is 2.41. The van der Waals surface area contributed by atoms with Crippen molar-refractivity contribution < 1.29 is 24.1 Å². The van der Waals surface area contributed by atoms with Crippen LogP contribution in [0, 0.1) is 0 Å². The molecule has 166 valence electrons. The van der Waals surface area contributed by atoms with Gasteiger partial charge in [-0.15, -0.1) is 0 Å². The number of carbonyl (C=O) groups excluding carboxylic acids is 1. The Hall–Kier alpha value is -3.97. The topological polar surface area (TPSA) is 89.9 Å². The van der Waals surface area contributed by atoms with Crippen LogP contribution in [0.15, 0.2) is 66.9 Å². The maximum absolute atomic E-state index is 13.2. The Kier molecular flexibility index (Phi) is 5.40. The van der Waals surface area contributed by atoms with Crippen molar-refractivity contribution in [1.82, 2.24) is 10.3 Å². The highest BCUT2D eigenvalue weighted by molar-refractivity contribution is 6.35. The molecular weight excluding hydrogens is 444 g/mol. The molecule has 0 bridgehead atoms. The minimum atomic E-state index is -0.748. The predicted molar refractivity (Wildman–Crippen MR) is 123 cm³/mol. The lowest BCUT2D eigenvalue weighted by atomic mass is 9.95. The summed E-state index contributed by atoms with van der Waals surface area (Å²) in [4.78, 5) is 17.5. The Morgan fingerprint density at radius 2 is 1.97 bits per heavy atom. The second-order valence-corrected chi connectivity index (χ2v) is 7.85. The van der Waals surface area contributed by atoms with Crippen molar-refractivity contribution in [2.75, 3.05) is 13.9 Å². The molecule has 1 aliphatic heterocycles. The van der Waals surface area contributed by atoms with Crippen molar-refractivity contribution in [3.63, 3.8) is 0 Å². The first-order chi connectivity index (χ1) is 16.0. The molecule has 0 aliphatic carbocycles. The summed E-state index contributed by atoms with van der Waals surface area (Å²) in [5, 5.41) is 15.1. The molecule has 0 fully saturated rings. The van der Waals surface area contributed by atoms with E-state index in [0.717, 1.165) is 0 Å². The number of benzene rings is 3. The molecule has 1 amide bonds. The summed E-state index contributed by atoms with van der Waals surface area (Å²) in [6, 6.07) is 16.6. The zero-order valence-corrected chi connectivity index (χ0v) is 18.3. The van der Waals surface area contributed by atoms with Crippen molar-refractivity contribution in [3.8, 4) is 23.0 Å². The maximum Gasteiger partial charge on any atom is 0.252 e. The summed E-state index contributed by atoms with van der Waals surface area (Å²) >= 11 is 6.53. The highest BCUT2D eigenvalue weighted by atomic mass is 35.5. The summed E-state index contributed by atoms with van der Waals surface area (Å²) in [7, 11) is 1.54. The van der Waals surface area contributed by atoms with Crippen LogP contribution in [0.2, 0.25) is 5.02 Å². The number of hydrogen-bond donors (Lipinski definition) is 2. The molecular formula is C25H19ClN2O5. The second kappa shape index (κ2) is 8.52. The van der Waals surface area contributed by atoms with Gasteiger partial charge in [-0.1, -0.05) is 23.7 Å². The van der Waals surface area contributed by atoms with E-state index in [1.165, 1.54) is 7.11 Å². The fourth-order valence-electron chi connectivity index (χ4n) is 3.84. The van der Waals surface area contributed by atoms with Gasteiger partial charge in [-0.2, -0.15) is 0 Å². The Balaban J connectivity index is 1.62. The molecule has 0 radical (unpaired) electrons. The van der Waals surface area contributed by atoms with E-state index in [1.54, 1.807) is 66.9 Å². The molecule has 1 atom stereocenters. The largest absolute Gasteiger partial charge is 0.505 e. The van der Waals surface area contributed by atoms with Crippen LogP contribution < -0.4 is 19.5 Å². The van der Waals surface area contributed by atoms with E-state index in [9.17, 15) is 9.90 Å². The smallest absolute Gasteiger partial charge is 0.252 e. The number of halogens is 1. The Morgan fingerprint density at radius 3 is 2.82 bits per heavy atom. The van der Waals surface area contributed by atoms with Crippen LogP contribution >= 0.6 is 11.6 Å². The number of aromatic hydroxyl groups is 1. The number of nitrogens with one attached hydrogen (secondary N) is 1. The zero-order chi connectivity index (χ0) is 22.9. The van der Waals surface area contributed by atoms with Crippen molar-refractivity contribution in [3.05, 3.63) is 88.6 Å². The van der Waals surface area contributed by atoms with E-state index < -0.39 is 6.04 Å². The first-order valence-electron chi connectivity index (χ1n) is 10.2. The van der Waals surface area contributed by atoms with Gasteiger partial charge >= 0.3 is 0 Å². The number of aromatic nitrogens is 1. The lowest BCUT2D eigenvalue weighted by Crippen LogP contribution is -2.29. The summed E-state index contributed by atoms with van der Waals surface area (Å²) in [6.45, 7) is 0.122. The number of ether oxygens (including phenoxy) is 3. The third-order valence-corrected chi connectivity index (χ3v) is 5.81. The normalized spacial score (nSPS) is 13.0. The van der Waals surface area contributed by atoms with Gasteiger partial charge in [-0.05, 0) is 54.1 Å². The van der Waals surface area contributed by atoms with E-state index >= 15 is 0 Å². The quantitative estimate of drug-likeness (QED) is 0.440. The van der Waals surface area contributed by atoms with Gasteiger partial charge in [-0.25, -0.2) is 0 Å². The third kappa shape index (κ3) is 3.87. The summed E-state index contributed by atoms with van der Waals surface area (Å²) in [5.74, 6) is 1.30. The maximum atomic E-state index is 13.2. The summed E-state index contributed by atoms with van der Waals surface area (Å²) in [6.07, 6.45) is 1.58. The summed E-state index contributed by atoms with van der Waals surface area (Å²) in [5.41, 5.74) is 1.84. The van der Waals surface area contributed by atoms with Crippen LogP contribution in [-0.2, 0) is 0 Å². The molecule has 0 unspecified atom stereocenters. The number of carbonyl (C=O) groups is 1. The standard InChI is InChI=1S/C25H19ClN2O5/c1-31-16-5-2-4-15(10-16)25(30)28-22(14-7-8-20-21(11-14)33-13-32-20)18-12-19(26)17-6-3-9-27-23(17)24(18)29/h2-12,22,29H,13H2,1H3,(H,28,30)/t22-/m0/s1.